The average Bonchev–Trinajstić information content (AvgIpc) is 2.49. The fourth-order valence-corrected chi connectivity index (χ4v) is 2.22. The van der Waals surface area contributed by atoms with Crippen molar-refractivity contribution in [3.63, 3.8) is 0 Å². The molecule has 0 unspecified atom stereocenters. The maximum Gasteiger partial charge on any atom is 0.264 e. The predicted molar refractivity (Wildman–Crippen MR) is 76.1 cm³/mol. The molecule has 3 rings (SSSR count). The number of carbonyl (C=O) groups is 1. The molecule has 0 saturated carbocycles. The number of hydrogen-bond donors (Lipinski definition) is 3. The Labute approximate surface area is 115 Å². The molecular formula is C14H14N4O2. The summed E-state index contributed by atoms with van der Waals surface area (Å²) in [5.41, 5.74) is 2.52. The van der Waals surface area contributed by atoms with Gasteiger partial charge in [-0.25, -0.2) is 5.10 Å². The van der Waals surface area contributed by atoms with E-state index in [2.05, 4.69) is 20.8 Å². The van der Waals surface area contributed by atoms with Crippen molar-refractivity contribution in [1.29, 1.82) is 0 Å². The van der Waals surface area contributed by atoms with Crippen LogP contribution in [0, 0.1) is 0 Å². The number of nitrogens with one attached hydrogen (secondary N) is 3. The lowest BCUT2D eigenvalue weighted by atomic mass is 10.0. The number of rotatable bonds is 2. The Morgan fingerprint density at radius 1 is 1.25 bits per heavy atom. The molecular weight excluding hydrogens is 256 g/mol. The summed E-state index contributed by atoms with van der Waals surface area (Å²) in [6.45, 7) is 0.972. The number of carbonyl (C=O) groups excluding carboxylic acids is 1. The van der Waals surface area contributed by atoms with Crippen molar-refractivity contribution >= 4 is 17.4 Å². The molecule has 0 spiro atoms. The van der Waals surface area contributed by atoms with Crippen LogP contribution < -0.4 is 16.2 Å². The quantitative estimate of drug-likeness (QED) is 0.769. The van der Waals surface area contributed by atoms with E-state index in [4.69, 9.17) is 0 Å². The third kappa shape index (κ3) is 2.54. The van der Waals surface area contributed by atoms with Gasteiger partial charge in [0.05, 0.1) is 0 Å². The molecule has 2 aromatic rings. The molecule has 2 heterocycles. The summed E-state index contributed by atoms with van der Waals surface area (Å²) in [6, 6.07) is 8.38. The van der Waals surface area contributed by atoms with E-state index in [-0.39, 0.29) is 11.5 Å². The van der Waals surface area contributed by atoms with Crippen molar-refractivity contribution in [3.05, 3.63) is 51.8 Å². The Kier molecular flexibility index (Phi) is 3.20. The smallest absolute Gasteiger partial charge is 0.264 e. The van der Waals surface area contributed by atoms with E-state index in [1.165, 1.54) is 12.1 Å². The molecule has 1 aromatic carbocycles. The van der Waals surface area contributed by atoms with Crippen LogP contribution in [0.3, 0.4) is 0 Å². The summed E-state index contributed by atoms with van der Waals surface area (Å²) < 4.78 is 0. The van der Waals surface area contributed by atoms with Gasteiger partial charge in [0.15, 0.2) is 5.82 Å². The van der Waals surface area contributed by atoms with Crippen LogP contribution in [0.5, 0.6) is 0 Å². The molecule has 0 aliphatic carbocycles. The van der Waals surface area contributed by atoms with Gasteiger partial charge in [-0.05, 0) is 42.7 Å². The van der Waals surface area contributed by atoms with Crippen LogP contribution in [0.15, 0.2) is 35.1 Å². The van der Waals surface area contributed by atoms with Crippen molar-refractivity contribution in [2.24, 2.45) is 0 Å². The minimum absolute atomic E-state index is 0.238. The number of aryl methyl sites for hydroxylation is 1. The summed E-state index contributed by atoms with van der Waals surface area (Å²) in [5, 5.41) is 12.0. The molecule has 0 saturated heterocycles. The summed E-state index contributed by atoms with van der Waals surface area (Å²) in [7, 11) is 0. The van der Waals surface area contributed by atoms with Crippen molar-refractivity contribution in [2.75, 3.05) is 17.2 Å². The topological polar surface area (TPSA) is 86.9 Å². The van der Waals surface area contributed by atoms with Gasteiger partial charge in [0.2, 0.25) is 0 Å². The van der Waals surface area contributed by atoms with Crippen LogP contribution in [-0.2, 0) is 6.42 Å². The number of nitrogens with zero attached hydrogens (tertiary/aromatic N) is 1. The molecule has 0 bridgehead atoms. The number of aromatic amines is 1. The highest BCUT2D eigenvalue weighted by molar-refractivity contribution is 6.04. The summed E-state index contributed by atoms with van der Waals surface area (Å²) in [6.07, 6.45) is 2.04. The number of aromatic nitrogens is 2. The zero-order chi connectivity index (χ0) is 13.9. The van der Waals surface area contributed by atoms with Gasteiger partial charge in [0.1, 0.15) is 0 Å². The van der Waals surface area contributed by atoms with Gasteiger partial charge >= 0.3 is 0 Å². The number of amides is 1. The predicted octanol–water partition coefficient (Wildman–Crippen LogP) is 1.38. The standard InChI is InChI=1S/C14H14N4O2/c19-13-6-5-12(17-18-13)16-14(20)10-3-4-11-9(8-10)2-1-7-15-11/h3-6,8,15H,1-2,7H2,(H,18,19)(H,16,17,20). The summed E-state index contributed by atoms with van der Waals surface area (Å²) in [5.74, 6) is 0.0865. The first kappa shape index (κ1) is 12.4. The number of anilines is 2. The molecule has 0 atom stereocenters. The Balaban J connectivity index is 1.80. The molecule has 6 nitrogen and oxygen atoms in total. The minimum Gasteiger partial charge on any atom is -0.385 e. The van der Waals surface area contributed by atoms with Crippen LogP contribution in [0.2, 0.25) is 0 Å². The van der Waals surface area contributed by atoms with E-state index in [1.54, 1.807) is 6.07 Å². The number of fused-ring (bicyclic) bond motifs is 1. The van der Waals surface area contributed by atoms with Gasteiger partial charge in [0, 0.05) is 23.9 Å². The van der Waals surface area contributed by atoms with Gasteiger partial charge in [-0.3, -0.25) is 9.59 Å². The highest BCUT2D eigenvalue weighted by atomic mass is 16.2. The second-order valence-electron chi connectivity index (χ2n) is 4.66. The van der Waals surface area contributed by atoms with Crippen molar-refractivity contribution < 1.29 is 4.79 Å². The number of H-pyrrole nitrogens is 1. The van der Waals surface area contributed by atoms with Crippen LogP contribution in [0.4, 0.5) is 11.5 Å². The second-order valence-corrected chi connectivity index (χ2v) is 4.66. The molecule has 3 N–H and O–H groups in total. The first-order valence-corrected chi connectivity index (χ1v) is 6.46. The third-order valence-electron chi connectivity index (χ3n) is 3.23. The first-order valence-electron chi connectivity index (χ1n) is 6.46. The average molecular weight is 270 g/mol. The van der Waals surface area contributed by atoms with Crippen molar-refractivity contribution in [3.8, 4) is 0 Å². The third-order valence-corrected chi connectivity index (χ3v) is 3.23. The van der Waals surface area contributed by atoms with Crippen molar-refractivity contribution in [1.82, 2.24) is 10.2 Å². The molecule has 0 radical (unpaired) electrons. The molecule has 20 heavy (non-hydrogen) atoms. The minimum atomic E-state index is -0.303. The highest BCUT2D eigenvalue weighted by Crippen LogP contribution is 2.23. The molecule has 1 aromatic heterocycles. The Morgan fingerprint density at radius 2 is 2.15 bits per heavy atom. The molecule has 1 aliphatic rings. The lowest BCUT2D eigenvalue weighted by molar-refractivity contribution is 0.102. The van der Waals surface area contributed by atoms with Gasteiger partial charge in [-0.1, -0.05) is 0 Å². The van der Waals surface area contributed by atoms with Gasteiger partial charge in [-0.2, -0.15) is 5.10 Å². The summed E-state index contributed by atoms with van der Waals surface area (Å²) in [4.78, 5) is 23.0. The fourth-order valence-electron chi connectivity index (χ4n) is 2.22. The van der Waals surface area contributed by atoms with Crippen LogP contribution in [0.25, 0.3) is 0 Å². The van der Waals surface area contributed by atoms with Crippen LogP contribution in [0.1, 0.15) is 22.3 Å². The normalized spacial score (nSPS) is 13.2. The second kappa shape index (κ2) is 5.16. The van der Waals surface area contributed by atoms with E-state index in [9.17, 15) is 9.59 Å². The van der Waals surface area contributed by atoms with Crippen molar-refractivity contribution in [2.45, 2.75) is 12.8 Å². The molecule has 6 heteroatoms. The Morgan fingerprint density at radius 3 is 2.95 bits per heavy atom. The zero-order valence-electron chi connectivity index (χ0n) is 10.8. The molecule has 1 aliphatic heterocycles. The molecule has 102 valence electrons. The first-order chi connectivity index (χ1) is 9.72. The van der Waals surface area contributed by atoms with E-state index < -0.39 is 0 Å². The Bertz CT molecular complexity index is 688. The number of hydrogen-bond acceptors (Lipinski definition) is 4. The van der Waals surface area contributed by atoms with Gasteiger partial charge < -0.3 is 10.6 Å². The van der Waals surface area contributed by atoms with Gasteiger partial charge in [-0.15, -0.1) is 0 Å². The lowest BCUT2D eigenvalue weighted by Crippen LogP contribution is -2.17. The van der Waals surface area contributed by atoms with E-state index in [1.807, 2.05) is 12.1 Å². The number of benzene rings is 1. The van der Waals surface area contributed by atoms with Crippen LogP contribution in [-0.4, -0.2) is 22.6 Å². The van der Waals surface area contributed by atoms with E-state index in [0.717, 1.165) is 30.6 Å². The zero-order valence-corrected chi connectivity index (χ0v) is 10.8. The largest absolute Gasteiger partial charge is 0.385 e. The van der Waals surface area contributed by atoms with E-state index in [0.29, 0.717) is 11.4 Å². The lowest BCUT2D eigenvalue weighted by Gasteiger charge is -2.18. The summed E-state index contributed by atoms with van der Waals surface area (Å²) >= 11 is 0. The van der Waals surface area contributed by atoms with Gasteiger partial charge in [0.25, 0.3) is 11.5 Å². The Hall–Kier alpha value is -2.63. The maximum atomic E-state index is 12.1. The highest BCUT2D eigenvalue weighted by Gasteiger charge is 2.12. The fraction of sp³-hybridized carbons (Fsp3) is 0.214. The molecule has 0 fully saturated rings. The monoisotopic (exact) mass is 270 g/mol. The molecule has 1 amide bonds. The van der Waals surface area contributed by atoms with Crippen LogP contribution >= 0.6 is 0 Å². The van der Waals surface area contributed by atoms with E-state index >= 15 is 0 Å². The maximum absolute atomic E-state index is 12.1. The SMILES string of the molecule is O=C(Nc1ccc(=O)[nH]n1)c1ccc2c(c1)CCCN2.